The highest BCUT2D eigenvalue weighted by Gasteiger charge is 2.30. The van der Waals surface area contributed by atoms with E-state index in [4.69, 9.17) is 0 Å². The minimum atomic E-state index is -4.38. The number of hydrogen-bond donors (Lipinski definition) is 1. The number of rotatable bonds is 2. The molecule has 0 aliphatic carbocycles. The molecule has 0 unspecified atom stereocenters. The van der Waals surface area contributed by atoms with Crippen molar-refractivity contribution >= 4 is 16.6 Å². The molecule has 1 N–H and O–H groups in total. The van der Waals surface area contributed by atoms with Gasteiger partial charge in [0.1, 0.15) is 0 Å². The Balaban J connectivity index is 2.01. The van der Waals surface area contributed by atoms with Gasteiger partial charge in [-0.3, -0.25) is 10.1 Å². The lowest BCUT2D eigenvalue weighted by molar-refractivity contribution is -0.384. The van der Waals surface area contributed by atoms with Crippen LogP contribution in [0.15, 0.2) is 48.5 Å². The standard InChI is InChI=1S/C15H9F3N2O2/c16-15(17,18)11-3-1-9(2-4-11)14-8-10-7-12(20(21)22)5-6-13(10)19-14/h1-8,19H. The fourth-order valence-corrected chi connectivity index (χ4v) is 2.23. The monoisotopic (exact) mass is 306 g/mol. The van der Waals surface area contributed by atoms with Gasteiger partial charge >= 0.3 is 6.18 Å². The van der Waals surface area contributed by atoms with Crippen LogP contribution in [-0.4, -0.2) is 9.91 Å². The maximum Gasteiger partial charge on any atom is 0.416 e. The van der Waals surface area contributed by atoms with Crippen molar-refractivity contribution in [3.05, 3.63) is 64.2 Å². The number of benzene rings is 2. The van der Waals surface area contributed by atoms with Crippen LogP contribution in [-0.2, 0) is 6.18 Å². The fraction of sp³-hybridized carbons (Fsp3) is 0.0667. The third-order valence-corrected chi connectivity index (χ3v) is 3.34. The topological polar surface area (TPSA) is 58.9 Å². The number of H-pyrrole nitrogens is 1. The van der Waals surface area contributed by atoms with Crippen LogP contribution in [0.4, 0.5) is 18.9 Å². The second-order valence-corrected chi connectivity index (χ2v) is 4.79. The maximum atomic E-state index is 12.5. The Kier molecular flexibility index (Phi) is 3.13. The van der Waals surface area contributed by atoms with Crippen molar-refractivity contribution in [2.45, 2.75) is 6.18 Å². The smallest absolute Gasteiger partial charge is 0.355 e. The van der Waals surface area contributed by atoms with Crippen LogP contribution in [0.1, 0.15) is 5.56 Å². The van der Waals surface area contributed by atoms with E-state index in [0.717, 1.165) is 12.1 Å². The molecule has 2 aromatic carbocycles. The Morgan fingerprint density at radius 2 is 1.68 bits per heavy atom. The third-order valence-electron chi connectivity index (χ3n) is 3.34. The third kappa shape index (κ3) is 2.52. The van der Waals surface area contributed by atoms with Gasteiger partial charge in [0.2, 0.25) is 0 Å². The molecule has 0 amide bonds. The summed E-state index contributed by atoms with van der Waals surface area (Å²) in [7, 11) is 0. The molecule has 0 aliphatic rings. The van der Waals surface area contributed by atoms with Gasteiger partial charge < -0.3 is 4.98 Å². The summed E-state index contributed by atoms with van der Waals surface area (Å²) in [6.45, 7) is 0. The number of nitrogens with one attached hydrogen (secondary N) is 1. The van der Waals surface area contributed by atoms with E-state index >= 15 is 0 Å². The second-order valence-electron chi connectivity index (χ2n) is 4.79. The van der Waals surface area contributed by atoms with Crippen LogP contribution in [0.5, 0.6) is 0 Å². The number of nitro benzene ring substituents is 1. The lowest BCUT2D eigenvalue weighted by Gasteiger charge is -2.06. The Morgan fingerprint density at radius 3 is 2.27 bits per heavy atom. The van der Waals surface area contributed by atoms with E-state index < -0.39 is 16.7 Å². The van der Waals surface area contributed by atoms with Crippen LogP contribution in [0.25, 0.3) is 22.2 Å². The maximum absolute atomic E-state index is 12.5. The van der Waals surface area contributed by atoms with E-state index in [1.807, 2.05) is 0 Å². The normalized spacial score (nSPS) is 11.8. The highest BCUT2D eigenvalue weighted by Crippen LogP contribution is 2.32. The minimum absolute atomic E-state index is 0.0366. The number of aromatic amines is 1. The number of alkyl halides is 3. The van der Waals surface area contributed by atoms with E-state index in [0.29, 0.717) is 22.2 Å². The first-order valence-corrected chi connectivity index (χ1v) is 6.29. The summed E-state index contributed by atoms with van der Waals surface area (Å²) < 4.78 is 37.6. The van der Waals surface area contributed by atoms with Crippen LogP contribution < -0.4 is 0 Å². The molecule has 3 aromatic rings. The summed E-state index contributed by atoms with van der Waals surface area (Å²) in [6, 6.07) is 10.8. The Morgan fingerprint density at radius 1 is 1.00 bits per heavy atom. The van der Waals surface area contributed by atoms with Gasteiger partial charge in [0, 0.05) is 28.7 Å². The predicted molar refractivity (Wildman–Crippen MR) is 75.4 cm³/mol. The largest absolute Gasteiger partial charge is 0.416 e. The summed E-state index contributed by atoms with van der Waals surface area (Å²) >= 11 is 0. The van der Waals surface area contributed by atoms with Gasteiger partial charge in [-0.25, -0.2) is 0 Å². The van der Waals surface area contributed by atoms with Gasteiger partial charge in [0.15, 0.2) is 0 Å². The van der Waals surface area contributed by atoms with Gasteiger partial charge in [-0.15, -0.1) is 0 Å². The fourth-order valence-electron chi connectivity index (χ4n) is 2.23. The number of nitro groups is 1. The molecule has 0 saturated heterocycles. The summed E-state index contributed by atoms with van der Waals surface area (Å²) in [4.78, 5) is 13.3. The van der Waals surface area contributed by atoms with Crippen LogP contribution >= 0.6 is 0 Å². The van der Waals surface area contributed by atoms with E-state index in [1.54, 1.807) is 12.1 Å². The van der Waals surface area contributed by atoms with Crippen LogP contribution in [0.3, 0.4) is 0 Å². The quantitative estimate of drug-likeness (QED) is 0.548. The van der Waals surface area contributed by atoms with Crippen molar-refractivity contribution in [2.75, 3.05) is 0 Å². The number of fused-ring (bicyclic) bond motifs is 1. The molecule has 0 bridgehead atoms. The number of hydrogen-bond acceptors (Lipinski definition) is 2. The van der Waals surface area contributed by atoms with E-state index in [-0.39, 0.29) is 5.69 Å². The highest BCUT2D eigenvalue weighted by atomic mass is 19.4. The van der Waals surface area contributed by atoms with E-state index in [2.05, 4.69) is 4.98 Å². The average Bonchev–Trinajstić information content (AvgIpc) is 2.89. The molecule has 1 heterocycles. The molecule has 0 fully saturated rings. The van der Waals surface area contributed by atoms with Crippen molar-refractivity contribution < 1.29 is 18.1 Å². The first-order chi connectivity index (χ1) is 10.3. The zero-order chi connectivity index (χ0) is 15.9. The number of non-ortho nitro benzene ring substituents is 1. The molecule has 3 rings (SSSR count). The number of nitrogens with zero attached hydrogens (tertiary/aromatic N) is 1. The molecule has 1 aromatic heterocycles. The summed E-state index contributed by atoms with van der Waals surface area (Å²) in [6.07, 6.45) is -4.38. The first-order valence-electron chi connectivity index (χ1n) is 6.29. The van der Waals surface area contributed by atoms with E-state index in [9.17, 15) is 23.3 Å². The molecule has 0 atom stereocenters. The van der Waals surface area contributed by atoms with Gasteiger partial charge in [0.05, 0.1) is 10.5 Å². The van der Waals surface area contributed by atoms with Gasteiger partial charge in [0.25, 0.3) is 5.69 Å². The van der Waals surface area contributed by atoms with Crippen molar-refractivity contribution in [2.24, 2.45) is 0 Å². The molecule has 0 spiro atoms. The minimum Gasteiger partial charge on any atom is -0.355 e. The molecule has 4 nitrogen and oxygen atoms in total. The molecular formula is C15H9F3N2O2. The molecule has 0 saturated carbocycles. The molecular weight excluding hydrogens is 297 g/mol. The summed E-state index contributed by atoms with van der Waals surface area (Å²) in [5, 5.41) is 11.4. The van der Waals surface area contributed by atoms with Crippen molar-refractivity contribution in [1.82, 2.24) is 4.98 Å². The molecule has 22 heavy (non-hydrogen) atoms. The van der Waals surface area contributed by atoms with Gasteiger partial charge in [-0.2, -0.15) is 13.2 Å². The predicted octanol–water partition coefficient (Wildman–Crippen LogP) is 4.76. The Hall–Kier alpha value is -2.83. The Labute approximate surface area is 122 Å². The Bertz CT molecular complexity index is 851. The van der Waals surface area contributed by atoms with Crippen molar-refractivity contribution in [3.8, 4) is 11.3 Å². The lowest BCUT2D eigenvalue weighted by Crippen LogP contribution is -2.03. The molecule has 112 valence electrons. The summed E-state index contributed by atoms with van der Waals surface area (Å²) in [5.74, 6) is 0. The SMILES string of the molecule is O=[N+]([O-])c1ccc2[nH]c(-c3ccc(C(F)(F)F)cc3)cc2c1. The van der Waals surface area contributed by atoms with Crippen molar-refractivity contribution in [1.29, 1.82) is 0 Å². The van der Waals surface area contributed by atoms with Crippen LogP contribution in [0, 0.1) is 10.1 Å². The molecule has 0 aliphatic heterocycles. The van der Waals surface area contributed by atoms with E-state index in [1.165, 1.54) is 24.3 Å². The molecule has 0 radical (unpaired) electrons. The zero-order valence-electron chi connectivity index (χ0n) is 11.0. The average molecular weight is 306 g/mol. The first kappa shape index (κ1) is 14.1. The van der Waals surface area contributed by atoms with Gasteiger partial charge in [-0.05, 0) is 29.8 Å². The lowest BCUT2D eigenvalue weighted by atomic mass is 10.1. The number of halogens is 3. The number of aromatic nitrogens is 1. The summed E-state index contributed by atoms with van der Waals surface area (Å²) in [5.41, 5.74) is 1.10. The second kappa shape index (κ2) is 4.87. The zero-order valence-corrected chi connectivity index (χ0v) is 11.0. The van der Waals surface area contributed by atoms with Gasteiger partial charge in [-0.1, -0.05) is 12.1 Å². The highest BCUT2D eigenvalue weighted by molar-refractivity contribution is 5.87. The molecule has 7 heteroatoms. The van der Waals surface area contributed by atoms with Crippen LogP contribution in [0.2, 0.25) is 0 Å². The van der Waals surface area contributed by atoms with Crippen molar-refractivity contribution in [3.63, 3.8) is 0 Å².